The minimum Gasteiger partial charge on any atom is -0.467 e. The molecule has 0 radical (unpaired) electrons. The molecular weight excluding hydrogens is 248 g/mol. The van der Waals surface area contributed by atoms with E-state index in [1.165, 1.54) is 6.42 Å². The van der Waals surface area contributed by atoms with Crippen molar-refractivity contribution in [3.8, 4) is 0 Å². The molecule has 0 bridgehead atoms. The van der Waals surface area contributed by atoms with Gasteiger partial charge >= 0.3 is 0 Å². The van der Waals surface area contributed by atoms with E-state index < -0.39 is 0 Å². The molecule has 1 amide bonds. The molecule has 1 aliphatic rings. The van der Waals surface area contributed by atoms with Gasteiger partial charge in [0.2, 0.25) is 5.91 Å². The van der Waals surface area contributed by atoms with Gasteiger partial charge in [-0.15, -0.1) is 0 Å². The normalized spacial score (nSPS) is 16.2. The van der Waals surface area contributed by atoms with Gasteiger partial charge in [0.25, 0.3) is 0 Å². The molecule has 2 rings (SSSR count). The maximum Gasteiger partial charge on any atom is 0.229 e. The van der Waals surface area contributed by atoms with Crippen LogP contribution in [0.4, 0.5) is 0 Å². The Morgan fingerprint density at radius 1 is 1.39 bits per heavy atom. The summed E-state index contributed by atoms with van der Waals surface area (Å²) in [6, 6.07) is 3.68. The maximum absolute atomic E-state index is 11.9. The minimum absolute atomic E-state index is 0.0478. The van der Waals surface area contributed by atoms with E-state index in [1.54, 1.807) is 6.26 Å². The third-order valence-corrected chi connectivity index (χ3v) is 3.46. The van der Waals surface area contributed by atoms with Gasteiger partial charge in [0.05, 0.1) is 12.8 Å². The van der Waals surface area contributed by atoms with Crippen molar-refractivity contribution in [1.29, 1.82) is 0 Å². The largest absolute Gasteiger partial charge is 0.467 e. The molecule has 0 aromatic carbocycles. The van der Waals surface area contributed by atoms with E-state index in [2.05, 4.69) is 10.6 Å². The van der Waals surface area contributed by atoms with E-state index >= 15 is 0 Å². The van der Waals surface area contributed by atoms with Crippen molar-refractivity contribution in [2.75, 3.05) is 0 Å². The Labute approximate surface area is 112 Å². The highest BCUT2D eigenvalue weighted by Gasteiger charge is 2.21. The third-order valence-electron chi connectivity index (χ3n) is 3.22. The van der Waals surface area contributed by atoms with Gasteiger partial charge in [0, 0.05) is 5.92 Å². The van der Waals surface area contributed by atoms with Gasteiger partial charge in [-0.3, -0.25) is 4.79 Å². The average molecular weight is 266 g/mol. The zero-order chi connectivity index (χ0) is 12.8. The Morgan fingerprint density at radius 3 is 2.83 bits per heavy atom. The Hall–Kier alpha value is -1.36. The summed E-state index contributed by atoms with van der Waals surface area (Å²) in [5.74, 6) is 0.970. The van der Waals surface area contributed by atoms with Gasteiger partial charge in [0.15, 0.2) is 5.11 Å². The second-order valence-corrected chi connectivity index (χ2v) is 4.99. The minimum atomic E-state index is 0.0478. The number of thiocarbonyl (C=S) groups is 1. The summed E-state index contributed by atoms with van der Waals surface area (Å²) in [4.78, 5) is 11.9. The standard InChI is InChI=1S/C13H18N2O2S/c16-12(10-5-2-1-3-6-10)15-13(18)14-9-11-7-4-8-17-11/h4,7-8,10H,1-3,5-6,9H2,(H2,14,15,16,18). The van der Waals surface area contributed by atoms with Crippen LogP contribution in [0.25, 0.3) is 0 Å². The highest BCUT2D eigenvalue weighted by atomic mass is 32.1. The van der Waals surface area contributed by atoms with Crippen LogP contribution in [0.5, 0.6) is 0 Å². The van der Waals surface area contributed by atoms with E-state index in [-0.39, 0.29) is 11.8 Å². The van der Waals surface area contributed by atoms with Crippen LogP contribution in [0.3, 0.4) is 0 Å². The van der Waals surface area contributed by atoms with Crippen LogP contribution in [0.15, 0.2) is 22.8 Å². The predicted molar refractivity (Wildman–Crippen MR) is 72.9 cm³/mol. The summed E-state index contributed by atoms with van der Waals surface area (Å²) < 4.78 is 5.17. The third kappa shape index (κ3) is 3.84. The molecule has 0 saturated heterocycles. The first-order chi connectivity index (χ1) is 8.75. The van der Waals surface area contributed by atoms with Crippen molar-refractivity contribution < 1.29 is 9.21 Å². The molecular formula is C13H18N2O2S. The molecule has 1 saturated carbocycles. The first-order valence-corrected chi connectivity index (χ1v) is 6.77. The van der Waals surface area contributed by atoms with Crippen LogP contribution in [0.2, 0.25) is 0 Å². The van der Waals surface area contributed by atoms with Crippen molar-refractivity contribution in [1.82, 2.24) is 10.6 Å². The molecule has 0 atom stereocenters. The van der Waals surface area contributed by atoms with Crippen molar-refractivity contribution in [2.45, 2.75) is 38.6 Å². The molecule has 98 valence electrons. The van der Waals surface area contributed by atoms with Crippen molar-refractivity contribution >= 4 is 23.2 Å². The van der Waals surface area contributed by atoms with E-state index in [9.17, 15) is 4.79 Å². The van der Waals surface area contributed by atoms with Gasteiger partial charge in [-0.25, -0.2) is 0 Å². The lowest BCUT2D eigenvalue weighted by Crippen LogP contribution is -2.42. The first kappa shape index (κ1) is 13.1. The quantitative estimate of drug-likeness (QED) is 0.825. The molecule has 4 nitrogen and oxygen atoms in total. The van der Waals surface area contributed by atoms with Crippen molar-refractivity contribution in [3.05, 3.63) is 24.2 Å². The van der Waals surface area contributed by atoms with Crippen LogP contribution in [-0.2, 0) is 11.3 Å². The second-order valence-electron chi connectivity index (χ2n) is 4.59. The van der Waals surface area contributed by atoms with Crippen LogP contribution in [-0.4, -0.2) is 11.0 Å². The summed E-state index contributed by atoms with van der Waals surface area (Å²) in [5.41, 5.74) is 0. The molecule has 1 aromatic rings. The summed E-state index contributed by atoms with van der Waals surface area (Å²) >= 11 is 5.09. The van der Waals surface area contributed by atoms with Crippen molar-refractivity contribution in [2.24, 2.45) is 5.92 Å². The molecule has 1 aliphatic carbocycles. The zero-order valence-corrected chi connectivity index (χ0v) is 11.1. The highest BCUT2D eigenvalue weighted by molar-refractivity contribution is 7.80. The first-order valence-electron chi connectivity index (χ1n) is 6.37. The molecule has 1 heterocycles. The Kier molecular flexibility index (Phi) is 4.75. The predicted octanol–water partition coefficient (Wildman–Crippen LogP) is 2.35. The zero-order valence-electron chi connectivity index (χ0n) is 10.3. The molecule has 0 spiro atoms. The van der Waals surface area contributed by atoms with Crippen LogP contribution in [0, 0.1) is 5.92 Å². The fourth-order valence-electron chi connectivity index (χ4n) is 2.20. The molecule has 1 aromatic heterocycles. The summed E-state index contributed by atoms with van der Waals surface area (Å²) in [6.45, 7) is 0.497. The molecule has 5 heteroatoms. The number of nitrogens with one attached hydrogen (secondary N) is 2. The van der Waals surface area contributed by atoms with Gasteiger partial charge in [-0.2, -0.15) is 0 Å². The smallest absolute Gasteiger partial charge is 0.229 e. The lowest BCUT2D eigenvalue weighted by atomic mass is 9.89. The number of carbonyl (C=O) groups excluding carboxylic acids is 1. The summed E-state index contributed by atoms with van der Waals surface area (Å²) in [5, 5.41) is 6.09. The fraction of sp³-hybridized carbons (Fsp3) is 0.538. The lowest BCUT2D eigenvalue weighted by Gasteiger charge is -2.21. The topological polar surface area (TPSA) is 54.3 Å². The molecule has 0 aliphatic heterocycles. The fourth-order valence-corrected chi connectivity index (χ4v) is 2.38. The van der Waals surface area contributed by atoms with Crippen LogP contribution >= 0.6 is 12.2 Å². The Bertz CT molecular complexity index is 397. The van der Waals surface area contributed by atoms with Gasteiger partial charge in [-0.05, 0) is 37.2 Å². The van der Waals surface area contributed by atoms with Crippen LogP contribution < -0.4 is 10.6 Å². The number of rotatable bonds is 3. The Morgan fingerprint density at radius 2 is 2.17 bits per heavy atom. The van der Waals surface area contributed by atoms with Crippen molar-refractivity contribution in [3.63, 3.8) is 0 Å². The number of amides is 1. The number of carbonyl (C=O) groups is 1. The van der Waals surface area contributed by atoms with Crippen LogP contribution in [0.1, 0.15) is 37.9 Å². The van der Waals surface area contributed by atoms with Gasteiger partial charge in [-0.1, -0.05) is 19.3 Å². The van der Waals surface area contributed by atoms with E-state index in [0.717, 1.165) is 31.4 Å². The second kappa shape index (κ2) is 6.54. The number of hydrogen-bond donors (Lipinski definition) is 2. The highest BCUT2D eigenvalue weighted by Crippen LogP contribution is 2.23. The monoisotopic (exact) mass is 266 g/mol. The molecule has 18 heavy (non-hydrogen) atoms. The Balaban J connectivity index is 1.71. The van der Waals surface area contributed by atoms with E-state index in [1.807, 2.05) is 12.1 Å². The number of hydrogen-bond acceptors (Lipinski definition) is 3. The molecule has 1 fully saturated rings. The SMILES string of the molecule is O=C(NC(=S)NCc1ccco1)C1CCCCC1. The average Bonchev–Trinajstić information content (AvgIpc) is 2.90. The van der Waals surface area contributed by atoms with Gasteiger partial charge < -0.3 is 15.1 Å². The van der Waals surface area contributed by atoms with Gasteiger partial charge in [0.1, 0.15) is 5.76 Å². The van der Waals surface area contributed by atoms with E-state index in [0.29, 0.717) is 11.7 Å². The lowest BCUT2D eigenvalue weighted by molar-refractivity contribution is -0.124. The maximum atomic E-state index is 11.9. The summed E-state index contributed by atoms with van der Waals surface area (Å²) in [7, 11) is 0. The summed E-state index contributed by atoms with van der Waals surface area (Å²) in [6.07, 6.45) is 7.10. The molecule has 2 N–H and O–H groups in total. The molecule has 0 unspecified atom stereocenters. The number of furan rings is 1. The van der Waals surface area contributed by atoms with E-state index in [4.69, 9.17) is 16.6 Å².